The van der Waals surface area contributed by atoms with Crippen molar-refractivity contribution in [3.8, 4) is 0 Å². The van der Waals surface area contributed by atoms with Gasteiger partial charge in [0.25, 0.3) is 0 Å². The van der Waals surface area contributed by atoms with Crippen LogP contribution < -0.4 is 5.32 Å². The highest BCUT2D eigenvalue weighted by atomic mass is 16.5. The van der Waals surface area contributed by atoms with Crippen LogP contribution in [0.25, 0.3) is 0 Å². The minimum Gasteiger partial charge on any atom is -0.367 e. The number of ether oxygens (including phenoxy) is 1. The van der Waals surface area contributed by atoms with Crippen LogP contribution in [0, 0.1) is 6.54 Å². The van der Waals surface area contributed by atoms with Crippen molar-refractivity contribution in [3.05, 3.63) is 6.54 Å². The molecule has 7 heavy (non-hydrogen) atoms. The van der Waals surface area contributed by atoms with Crippen molar-refractivity contribution in [1.82, 2.24) is 5.32 Å². The van der Waals surface area contributed by atoms with Crippen LogP contribution in [-0.2, 0) is 4.74 Å². The summed E-state index contributed by atoms with van der Waals surface area (Å²) in [6.45, 7) is 2.04. The van der Waals surface area contributed by atoms with Crippen molar-refractivity contribution < 1.29 is 4.74 Å². The molecule has 0 aromatic carbocycles. The van der Waals surface area contributed by atoms with E-state index >= 15 is 0 Å². The molecule has 1 aliphatic heterocycles. The van der Waals surface area contributed by atoms with Gasteiger partial charge in [-0.15, -0.1) is 0 Å². The van der Waals surface area contributed by atoms with Gasteiger partial charge >= 0.3 is 0 Å². The summed E-state index contributed by atoms with van der Waals surface area (Å²) < 4.78 is 4.97. The third kappa shape index (κ3) is 1.14. The molecule has 1 N–H and O–H groups in total. The molecular formula is C5H10NO. The van der Waals surface area contributed by atoms with Crippen LogP contribution in [0.4, 0.5) is 0 Å². The molecule has 41 valence electrons. The van der Waals surface area contributed by atoms with Crippen molar-refractivity contribution in [2.45, 2.75) is 19.1 Å². The first kappa shape index (κ1) is 5.06. The SMILES string of the molecule is COC1CC[CH]N1. The molecule has 0 saturated carbocycles. The van der Waals surface area contributed by atoms with E-state index < -0.39 is 0 Å². The average Bonchev–Trinajstić information content (AvgIpc) is 2.14. The minimum absolute atomic E-state index is 0.292. The maximum absolute atomic E-state index is 4.97. The zero-order valence-corrected chi connectivity index (χ0v) is 4.48. The Morgan fingerprint density at radius 2 is 2.71 bits per heavy atom. The molecule has 2 heteroatoms. The molecule has 1 aliphatic rings. The second-order valence-corrected chi connectivity index (χ2v) is 1.67. The van der Waals surface area contributed by atoms with Crippen LogP contribution in [0.1, 0.15) is 12.8 Å². The Morgan fingerprint density at radius 3 is 3.00 bits per heavy atom. The van der Waals surface area contributed by atoms with Gasteiger partial charge in [0.2, 0.25) is 0 Å². The first-order valence-electron chi connectivity index (χ1n) is 2.54. The Kier molecular flexibility index (Phi) is 1.65. The average molecular weight is 100 g/mol. The van der Waals surface area contributed by atoms with Crippen LogP contribution in [0.15, 0.2) is 0 Å². The zero-order valence-electron chi connectivity index (χ0n) is 4.48. The molecule has 1 saturated heterocycles. The number of methoxy groups -OCH3 is 1. The number of rotatable bonds is 1. The van der Waals surface area contributed by atoms with Gasteiger partial charge in [-0.25, -0.2) is 0 Å². The second kappa shape index (κ2) is 2.28. The summed E-state index contributed by atoms with van der Waals surface area (Å²) in [5.41, 5.74) is 0. The molecule has 1 rings (SSSR count). The van der Waals surface area contributed by atoms with Gasteiger partial charge in [-0.05, 0) is 12.8 Å². The van der Waals surface area contributed by atoms with Crippen molar-refractivity contribution >= 4 is 0 Å². The third-order valence-corrected chi connectivity index (χ3v) is 1.16. The van der Waals surface area contributed by atoms with Crippen LogP contribution in [-0.4, -0.2) is 13.3 Å². The van der Waals surface area contributed by atoms with Crippen LogP contribution in [0.3, 0.4) is 0 Å². The van der Waals surface area contributed by atoms with Gasteiger partial charge in [0, 0.05) is 13.7 Å². The van der Waals surface area contributed by atoms with Gasteiger partial charge < -0.3 is 4.74 Å². The van der Waals surface area contributed by atoms with Gasteiger partial charge in [-0.1, -0.05) is 0 Å². The minimum atomic E-state index is 0.292. The fraction of sp³-hybridized carbons (Fsp3) is 0.800. The van der Waals surface area contributed by atoms with E-state index in [9.17, 15) is 0 Å². The monoisotopic (exact) mass is 100 g/mol. The summed E-state index contributed by atoms with van der Waals surface area (Å²) in [6.07, 6.45) is 2.55. The van der Waals surface area contributed by atoms with E-state index in [1.165, 1.54) is 0 Å². The highest BCUT2D eigenvalue weighted by Gasteiger charge is 2.11. The third-order valence-electron chi connectivity index (χ3n) is 1.16. The Balaban J connectivity index is 2.14. The summed E-state index contributed by atoms with van der Waals surface area (Å²) in [5.74, 6) is 0. The molecule has 0 aliphatic carbocycles. The molecule has 1 fully saturated rings. The summed E-state index contributed by atoms with van der Waals surface area (Å²) in [4.78, 5) is 0. The second-order valence-electron chi connectivity index (χ2n) is 1.67. The van der Waals surface area contributed by atoms with Crippen molar-refractivity contribution in [3.63, 3.8) is 0 Å². The van der Waals surface area contributed by atoms with Crippen molar-refractivity contribution in [2.75, 3.05) is 7.11 Å². The smallest absolute Gasteiger partial charge is 0.108 e. The fourth-order valence-electron chi connectivity index (χ4n) is 0.719. The Bertz CT molecular complexity index is 50.0. The van der Waals surface area contributed by atoms with E-state index in [-0.39, 0.29) is 0 Å². The molecule has 1 heterocycles. The maximum atomic E-state index is 4.97. The Morgan fingerprint density at radius 1 is 1.86 bits per heavy atom. The molecule has 0 amide bonds. The molecule has 0 spiro atoms. The predicted octanol–water partition coefficient (Wildman–Crippen LogP) is 0.504. The van der Waals surface area contributed by atoms with Gasteiger partial charge in [0.05, 0.1) is 0 Å². The molecule has 0 aromatic rings. The number of nitrogens with one attached hydrogen (secondary N) is 1. The molecule has 1 atom stereocenters. The first-order chi connectivity index (χ1) is 3.43. The lowest BCUT2D eigenvalue weighted by atomic mass is 10.4. The summed E-state index contributed by atoms with van der Waals surface area (Å²) in [6, 6.07) is 0. The molecular weight excluding hydrogens is 90.1 g/mol. The van der Waals surface area contributed by atoms with E-state index in [1.54, 1.807) is 7.11 Å². The van der Waals surface area contributed by atoms with Gasteiger partial charge in [-0.2, -0.15) is 0 Å². The van der Waals surface area contributed by atoms with Gasteiger partial charge in [0.15, 0.2) is 0 Å². The lowest BCUT2D eigenvalue weighted by Crippen LogP contribution is -2.20. The normalized spacial score (nSPS) is 31.3. The highest BCUT2D eigenvalue weighted by Crippen LogP contribution is 2.06. The van der Waals surface area contributed by atoms with Crippen LogP contribution >= 0.6 is 0 Å². The number of hydrogen-bond donors (Lipinski definition) is 1. The highest BCUT2D eigenvalue weighted by molar-refractivity contribution is 4.74. The van der Waals surface area contributed by atoms with E-state index in [1.807, 2.05) is 6.54 Å². The largest absolute Gasteiger partial charge is 0.367 e. The molecule has 0 aromatic heterocycles. The molecule has 1 radical (unpaired) electrons. The van der Waals surface area contributed by atoms with Gasteiger partial charge in [-0.3, -0.25) is 5.32 Å². The van der Waals surface area contributed by atoms with Gasteiger partial charge in [0.1, 0.15) is 6.23 Å². The Hall–Kier alpha value is -0.0800. The van der Waals surface area contributed by atoms with Crippen molar-refractivity contribution in [2.24, 2.45) is 0 Å². The maximum Gasteiger partial charge on any atom is 0.108 e. The Labute approximate surface area is 43.9 Å². The van der Waals surface area contributed by atoms with E-state index in [0.29, 0.717) is 6.23 Å². The number of hydrogen-bond acceptors (Lipinski definition) is 2. The molecule has 1 unspecified atom stereocenters. The van der Waals surface area contributed by atoms with Crippen molar-refractivity contribution in [1.29, 1.82) is 0 Å². The summed E-state index contributed by atoms with van der Waals surface area (Å²) in [5, 5.41) is 3.06. The van der Waals surface area contributed by atoms with Crippen LogP contribution in [0.5, 0.6) is 0 Å². The van der Waals surface area contributed by atoms with E-state index in [2.05, 4.69) is 5.32 Å². The summed E-state index contributed by atoms with van der Waals surface area (Å²) in [7, 11) is 1.72. The topological polar surface area (TPSA) is 21.3 Å². The van der Waals surface area contributed by atoms with E-state index in [4.69, 9.17) is 4.74 Å². The zero-order chi connectivity index (χ0) is 5.11. The quantitative estimate of drug-likeness (QED) is 0.518. The van der Waals surface area contributed by atoms with E-state index in [0.717, 1.165) is 12.8 Å². The predicted molar refractivity (Wildman–Crippen MR) is 27.5 cm³/mol. The fourth-order valence-corrected chi connectivity index (χ4v) is 0.719. The molecule has 2 nitrogen and oxygen atoms in total. The lowest BCUT2D eigenvalue weighted by Gasteiger charge is -2.03. The standard InChI is InChI=1S/C5H10NO/c1-7-5-3-2-4-6-5/h4-6H,2-3H2,1H3. The van der Waals surface area contributed by atoms with Crippen LogP contribution in [0.2, 0.25) is 0 Å². The summed E-state index contributed by atoms with van der Waals surface area (Å²) >= 11 is 0. The molecule has 0 bridgehead atoms. The lowest BCUT2D eigenvalue weighted by molar-refractivity contribution is 0.0934. The first-order valence-corrected chi connectivity index (χ1v) is 2.54.